The van der Waals surface area contributed by atoms with Crippen molar-refractivity contribution in [1.82, 2.24) is 0 Å². The molecule has 4 nitrogen and oxygen atoms in total. The Balaban J connectivity index is 1.52. The van der Waals surface area contributed by atoms with Gasteiger partial charge in [0.2, 0.25) is 0 Å². The van der Waals surface area contributed by atoms with E-state index in [2.05, 4.69) is 6.92 Å². The third-order valence-corrected chi connectivity index (χ3v) is 9.06. The minimum absolute atomic E-state index is 0.00351. The highest BCUT2D eigenvalue weighted by atomic mass is 16.5. The number of aliphatic carboxylic acids is 1. The van der Waals surface area contributed by atoms with Gasteiger partial charge in [-0.2, -0.15) is 0 Å². The van der Waals surface area contributed by atoms with E-state index in [0.717, 1.165) is 50.4 Å². The van der Waals surface area contributed by atoms with Gasteiger partial charge in [0.25, 0.3) is 0 Å². The number of hydrogen-bond acceptors (Lipinski definition) is 3. The van der Waals surface area contributed by atoms with Crippen molar-refractivity contribution in [2.75, 3.05) is 13.7 Å². The van der Waals surface area contributed by atoms with Gasteiger partial charge in [-0.1, -0.05) is 13.3 Å². The molecule has 4 heteroatoms. The fraction of sp³-hybridized carbons (Fsp3) is 0.955. The second-order valence-corrected chi connectivity index (χ2v) is 10.2. The highest BCUT2D eigenvalue weighted by Crippen LogP contribution is 2.63. The van der Waals surface area contributed by atoms with E-state index in [1.165, 1.54) is 25.7 Å². The molecule has 4 rings (SSSR count). The molecule has 2 N–H and O–H groups in total. The number of carboxylic acid groups (broad SMARTS) is 1. The smallest absolute Gasteiger partial charge is 0.307 e. The van der Waals surface area contributed by atoms with Gasteiger partial charge in [0.05, 0.1) is 18.1 Å². The summed E-state index contributed by atoms with van der Waals surface area (Å²) >= 11 is 0. The van der Waals surface area contributed by atoms with Crippen LogP contribution in [0.3, 0.4) is 0 Å². The van der Waals surface area contributed by atoms with Gasteiger partial charge < -0.3 is 14.9 Å². The van der Waals surface area contributed by atoms with Gasteiger partial charge in [-0.25, -0.2) is 0 Å². The summed E-state index contributed by atoms with van der Waals surface area (Å²) in [5.41, 5.74) is -0.616. The van der Waals surface area contributed by atoms with Crippen LogP contribution in [0.25, 0.3) is 0 Å². The highest BCUT2D eigenvalue weighted by molar-refractivity contribution is 5.71. The van der Waals surface area contributed by atoms with Gasteiger partial charge in [0, 0.05) is 7.11 Å². The Morgan fingerprint density at radius 1 is 1.04 bits per heavy atom. The Morgan fingerprint density at radius 3 is 2.54 bits per heavy atom. The van der Waals surface area contributed by atoms with Crippen LogP contribution in [0.15, 0.2) is 0 Å². The van der Waals surface area contributed by atoms with Gasteiger partial charge in [-0.3, -0.25) is 4.79 Å². The number of rotatable bonds is 3. The lowest BCUT2D eigenvalue weighted by Crippen LogP contribution is -2.55. The molecule has 0 saturated heterocycles. The van der Waals surface area contributed by atoms with E-state index >= 15 is 0 Å². The van der Waals surface area contributed by atoms with Crippen LogP contribution in [0, 0.1) is 40.9 Å². The molecule has 26 heavy (non-hydrogen) atoms. The Bertz CT molecular complexity index is 548. The fourth-order valence-corrected chi connectivity index (χ4v) is 7.96. The SMILES string of the molecule is COC[C@@]1(O)CC[C@H]2[C@@H](CC[C@@H]3[C@@H]2CC[C@]2(C)[C@@H](C(=O)O)CCC[C@@H]32)C1. The lowest BCUT2D eigenvalue weighted by Gasteiger charge is -2.60. The summed E-state index contributed by atoms with van der Waals surface area (Å²) in [6.45, 7) is 2.75. The van der Waals surface area contributed by atoms with Gasteiger partial charge in [0.15, 0.2) is 0 Å². The minimum Gasteiger partial charge on any atom is -0.481 e. The van der Waals surface area contributed by atoms with E-state index < -0.39 is 11.6 Å². The molecule has 4 fully saturated rings. The molecule has 0 aliphatic heterocycles. The lowest BCUT2D eigenvalue weighted by atomic mass is 9.45. The first-order chi connectivity index (χ1) is 12.4. The van der Waals surface area contributed by atoms with Crippen molar-refractivity contribution in [3.8, 4) is 0 Å². The molecular formula is C22H36O4. The molecule has 0 aromatic rings. The van der Waals surface area contributed by atoms with E-state index in [1.54, 1.807) is 7.11 Å². The number of fused-ring (bicyclic) bond motifs is 5. The van der Waals surface area contributed by atoms with Crippen LogP contribution in [-0.4, -0.2) is 35.5 Å². The molecule has 148 valence electrons. The zero-order valence-electron chi connectivity index (χ0n) is 16.5. The quantitative estimate of drug-likeness (QED) is 0.791. The highest BCUT2D eigenvalue weighted by Gasteiger charge is 2.57. The Hall–Kier alpha value is -0.610. The Morgan fingerprint density at radius 2 is 1.81 bits per heavy atom. The molecule has 0 aromatic heterocycles. The standard InChI is InChI=1S/C22H36O4/c1-21-10-8-16-15-9-11-22(25,13-26-2)12-14(15)6-7-17(16)18(21)4-3-5-19(21)20(23)24/h14-19,25H,3-13H2,1-2H3,(H,23,24)/t14-,15-,16+,17+,18-,19+,21-,22+/m0/s1. The number of carboxylic acids is 1. The summed E-state index contributed by atoms with van der Waals surface area (Å²) in [5, 5.41) is 20.6. The predicted molar refractivity (Wildman–Crippen MR) is 99.7 cm³/mol. The topological polar surface area (TPSA) is 66.8 Å². The van der Waals surface area contributed by atoms with Crippen LogP contribution < -0.4 is 0 Å². The predicted octanol–water partition coefficient (Wildman–Crippen LogP) is 4.11. The van der Waals surface area contributed by atoms with E-state index in [4.69, 9.17) is 4.74 Å². The van der Waals surface area contributed by atoms with Crippen molar-refractivity contribution in [3.05, 3.63) is 0 Å². The van der Waals surface area contributed by atoms with E-state index in [9.17, 15) is 15.0 Å². The van der Waals surface area contributed by atoms with Gasteiger partial charge in [-0.15, -0.1) is 0 Å². The van der Waals surface area contributed by atoms with Crippen molar-refractivity contribution in [1.29, 1.82) is 0 Å². The molecule has 0 amide bonds. The van der Waals surface area contributed by atoms with Crippen molar-refractivity contribution in [3.63, 3.8) is 0 Å². The Kier molecular flexibility index (Phi) is 4.88. The summed E-state index contributed by atoms with van der Waals surface area (Å²) < 4.78 is 5.28. The van der Waals surface area contributed by atoms with Crippen molar-refractivity contribution < 1.29 is 19.7 Å². The summed E-state index contributed by atoms with van der Waals surface area (Å²) in [6.07, 6.45) is 10.8. The van der Waals surface area contributed by atoms with E-state index in [-0.39, 0.29) is 11.3 Å². The van der Waals surface area contributed by atoms with Crippen molar-refractivity contribution in [2.24, 2.45) is 40.9 Å². The molecular weight excluding hydrogens is 328 g/mol. The van der Waals surface area contributed by atoms with Crippen molar-refractivity contribution in [2.45, 2.75) is 76.7 Å². The molecule has 0 radical (unpaired) electrons. The maximum Gasteiger partial charge on any atom is 0.307 e. The average Bonchev–Trinajstić information content (AvgIpc) is 2.59. The third-order valence-electron chi connectivity index (χ3n) is 9.06. The third kappa shape index (κ3) is 2.92. The largest absolute Gasteiger partial charge is 0.481 e. The molecule has 0 unspecified atom stereocenters. The molecule has 0 aromatic carbocycles. The Labute approximate surface area is 157 Å². The summed E-state index contributed by atoms with van der Waals surface area (Å²) in [7, 11) is 1.69. The summed E-state index contributed by atoms with van der Waals surface area (Å²) in [4.78, 5) is 11.9. The van der Waals surface area contributed by atoms with Crippen LogP contribution in [0.2, 0.25) is 0 Å². The second kappa shape index (κ2) is 6.77. The van der Waals surface area contributed by atoms with Crippen LogP contribution in [0.1, 0.15) is 71.1 Å². The molecule has 0 bridgehead atoms. The zero-order valence-corrected chi connectivity index (χ0v) is 16.5. The first-order valence-electron chi connectivity index (χ1n) is 10.8. The molecule has 0 heterocycles. The summed E-state index contributed by atoms with van der Waals surface area (Å²) in [5.74, 6) is 2.73. The van der Waals surface area contributed by atoms with Crippen LogP contribution in [-0.2, 0) is 9.53 Å². The molecule has 0 spiro atoms. The van der Waals surface area contributed by atoms with Crippen LogP contribution in [0.5, 0.6) is 0 Å². The molecule has 4 aliphatic carbocycles. The monoisotopic (exact) mass is 364 g/mol. The van der Waals surface area contributed by atoms with Gasteiger partial charge in [0.1, 0.15) is 0 Å². The van der Waals surface area contributed by atoms with Crippen LogP contribution >= 0.6 is 0 Å². The molecule has 8 atom stereocenters. The number of methoxy groups -OCH3 is 1. The maximum absolute atomic E-state index is 11.9. The van der Waals surface area contributed by atoms with E-state index in [1.807, 2.05) is 0 Å². The normalized spacial score (nSPS) is 51.0. The first-order valence-corrected chi connectivity index (χ1v) is 10.8. The average molecular weight is 365 g/mol. The summed E-state index contributed by atoms with van der Waals surface area (Å²) in [6, 6.07) is 0. The van der Waals surface area contributed by atoms with Crippen molar-refractivity contribution >= 4 is 5.97 Å². The number of hydrogen-bond donors (Lipinski definition) is 2. The molecule has 4 saturated carbocycles. The molecule has 4 aliphatic rings. The second-order valence-electron chi connectivity index (χ2n) is 10.2. The van der Waals surface area contributed by atoms with Crippen LogP contribution in [0.4, 0.5) is 0 Å². The number of aliphatic hydroxyl groups is 1. The fourth-order valence-electron chi connectivity index (χ4n) is 7.96. The van der Waals surface area contributed by atoms with Gasteiger partial charge in [-0.05, 0) is 92.8 Å². The maximum atomic E-state index is 11.9. The van der Waals surface area contributed by atoms with E-state index in [0.29, 0.717) is 24.4 Å². The lowest BCUT2D eigenvalue weighted by molar-refractivity contribution is -0.165. The first kappa shape index (κ1) is 18.7. The number of carbonyl (C=O) groups is 1. The number of ether oxygens (including phenoxy) is 1. The van der Waals surface area contributed by atoms with Gasteiger partial charge >= 0.3 is 5.97 Å². The zero-order chi connectivity index (χ0) is 18.5. The minimum atomic E-state index is -0.620.